The fourth-order valence-electron chi connectivity index (χ4n) is 4.06. The number of nitrogens with zero attached hydrogens (tertiary/aromatic N) is 4. The van der Waals surface area contributed by atoms with Crippen LogP contribution in [0.2, 0.25) is 0 Å². The molecule has 24 heavy (non-hydrogen) atoms. The first-order valence-corrected chi connectivity index (χ1v) is 10.3. The maximum atomic E-state index is 11.1. The van der Waals surface area contributed by atoms with Crippen molar-refractivity contribution >= 4 is 11.3 Å². The van der Waals surface area contributed by atoms with Gasteiger partial charge in [-0.05, 0) is 32.7 Å². The van der Waals surface area contributed by atoms with Gasteiger partial charge < -0.3 is 14.9 Å². The highest BCUT2D eigenvalue weighted by Gasteiger charge is 2.38. The van der Waals surface area contributed by atoms with Gasteiger partial charge in [0, 0.05) is 50.7 Å². The number of piperidine rings is 1. The number of hydrogen-bond acceptors (Lipinski definition) is 6. The van der Waals surface area contributed by atoms with Crippen molar-refractivity contribution in [3.05, 3.63) is 16.1 Å². The Morgan fingerprint density at radius 1 is 1.17 bits per heavy atom. The van der Waals surface area contributed by atoms with Crippen molar-refractivity contribution in [2.75, 3.05) is 46.3 Å². The summed E-state index contributed by atoms with van der Waals surface area (Å²) >= 11 is 1.72. The maximum absolute atomic E-state index is 11.1. The first-order chi connectivity index (χ1) is 11.6. The molecule has 0 unspecified atom stereocenters. The third-order valence-corrected chi connectivity index (χ3v) is 7.03. The molecule has 3 heterocycles. The quantitative estimate of drug-likeness (QED) is 0.896. The number of likely N-dealkylation sites (N-methyl/N-ethyl adjacent to an activating group) is 1. The minimum atomic E-state index is -0.697. The number of aromatic nitrogens is 1. The lowest BCUT2D eigenvalue weighted by atomic mass is 9.84. The SMILES string of the molecule is CN1CCN(Cc2nc(C3(O)CCN(C4CCC4)CC3)cs2)CC1. The summed E-state index contributed by atoms with van der Waals surface area (Å²) in [4.78, 5) is 12.3. The lowest BCUT2D eigenvalue weighted by Crippen LogP contribution is -2.49. The number of likely N-dealkylation sites (tertiary alicyclic amines) is 1. The molecule has 1 N–H and O–H groups in total. The topological polar surface area (TPSA) is 42.8 Å². The van der Waals surface area contributed by atoms with Crippen LogP contribution in [0.3, 0.4) is 0 Å². The molecule has 0 amide bonds. The van der Waals surface area contributed by atoms with Gasteiger partial charge in [-0.2, -0.15) is 0 Å². The van der Waals surface area contributed by atoms with Crippen LogP contribution in [-0.4, -0.2) is 77.1 Å². The molecule has 1 saturated carbocycles. The largest absolute Gasteiger partial charge is 0.383 e. The van der Waals surface area contributed by atoms with Crippen molar-refractivity contribution in [2.24, 2.45) is 0 Å². The Morgan fingerprint density at radius 3 is 2.50 bits per heavy atom. The molecule has 0 radical (unpaired) electrons. The van der Waals surface area contributed by atoms with E-state index in [0.717, 1.165) is 75.4 Å². The van der Waals surface area contributed by atoms with Gasteiger partial charge in [-0.15, -0.1) is 11.3 Å². The normalized spacial score (nSPS) is 27.2. The van der Waals surface area contributed by atoms with E-state index in [1.54, 1.807) is 11.3 Å². The van der Waals surface area contributed by atoms with E-state index in [-0.39, 0.29) is 0 Å². The molecular weight excluding hydrogens is 320 g/mol. The molecule has 4 rings (SSSR count). The maximum Gasteiger partial charge on any atom is 0.110 e. The van der Waals surface area contributed by atoms with Crippen molar-refractivity contribution in [1.29, 1.82) is 0 Å². The van der Waals surface area contributed by atoms with Gasteiger partial charge in [0.2, 0.25) is 0 Å². The minimum Gasteiger partial charge on any atom is -0.383 e. The Morgan fingerprint density at radius 2 is 1.88 bits per heavy atom. The van der Waals surface area contributed by atoms with Crippen LogP contribution >= 0.6 is 11.3 Å². The average Bonchev–Trinajstić information content (AvgIpc) is 3.00. The molecule has 3 aliphatic rings. The van der Waals surface area contributed by atoms with Crippen LogP contribution in [0, 0.1) is 0 Å². The Hall–Kier alpha value is -0.530. The minimum absolute atomic E-state index is 0.697. The second-order valence-electron chi connectivity index (χ2n) is 7.86. The van der Waals surface area contributed by atoms with E-state index < -0.39 is 5.60 Å². The summed E-state index contributed by atoms with van der Waals surface area (Å²) in [5.74, 6) is 0. The molecule has 1 aromatic rings. The van der Waals surface area contributed by atoms with E-state index in [1.807, 2.05) is 0 Å². The molecule has 6 heteroatoms. The number of thiazole rings is 1. The zero-order chi connectivity index (χ0) is 16.6. The molecule has 2 aliphatic heterocycles. The standard InChI is InChI=1S/C18H30N4OS/c1-20-9-11-21(12-10-20)13-17-19-16(14-24-17)18(23)5-7-22(8-6-18)15-3-2-4-15/h14-15,23H,2-13H2,1H3. The summed E-state index contributed by atoms with van der Waals surface area (Å²) in [6, 6.07) is 0.790. The molecule has 0 aromatic carbocycles. The fraction of sp³-hybridized carbons (Fsp3) is 0.833. The monoisotopic (exact) mass is 350 g/mol. The second kappa shape index (κ2) is 7.00. The first-order valence-electron chi connectivity index (χ1n) is 9.45. The third kappa shape index (κ3) is 3.53. The number of hydrogen-bond donors (Lipinski definition) is 1. The molecule has 0 atom stereocenters. The smallest absolute Gasteiger partial charge is 0.110 e. The third-order valence-electron chi connectivity index (χ3n) is 6.20. The van der Waals surface area contributed by atoms with Gasteiger partial charge in [0.15, 0.2) is 0 Å². The zero-order valence-corrected chi connectivity index (χ0v) is 15.6. The van der Waals surface area contributed by atoms with Crippen LogP contribution in [0.25, 0.3) is 0 Å². The van der Waals surface area contributed by atoms with Crippen molar-refractivity contribution in [3.8, 4) is 0 Å². The van der Waals surface area contributed by atoms with Gasteiger partial charge in [0.25, 0.3) is 0 Å². The molecular formula is C18H30N4OS. The van der Waals surface area contributed by atoms with Gasteiger partial charge >= 0.3 is 0 Å². The van der Waals surface area contributed by atoms with Gasteiger partial charge in [-0.1, -0.05) is 6.42 Å². The predicted octanol–water partition coefficient (Wildman–Crippen LogP) is 1.73. The number of aliphatic hydroxyl groups is 1. The Bertz CT molecular complexity index is 543. The summed E-state index contributed by atoms with van der Waals surface area (Å²) < 4.78 is 0. The summed E-state index contributed by atoms with van der Waals surface area (Å²) in [6.07, 6.45) is 5.75. The van der Waals surface area contributed by atoms with Gasteiger partial charge in [0.1, 0.15) is 10.6 Å². The lowest BCUT2D eigenvalue weighted by Gasteiger charge is -2.44. The fourth-order valence-corrected chi connectivity index (χ4v) is 4.99. The first kappa shape index (κ1) is 16.9. The van der Waals surface area contributed by atoms with Gasteiger partial charge in [-0.25, -0.2) is 4.98 Å². The van der Waals surface area contributed by atoms with Crippen molar-refractivity contribution in [1.82, 2.24) is 19.7 Å². The molecule has 2 saturated heterocycles. The van der Waals surface area contributed by atoms with E-state index in [4.69, 9.17) is 4.98 Å². The molecule has 0 bridgehead atoms. The van der Waals surface area contributed by atoms with Crippen molar-refractivity contribution < 1.29 is 5.11 Å². The zero-order valence-electron chi connectivity index (χ0n) is 14.8. The Kier molecular flexibility index (Phi) is 4.93. The highest BCUT2D eigenvalue weighted by atomic mass is 32.1. The van der Waals surface area contributed by atoms with E-state index in [1.165, 1.54) is 19.3 Å². The summed E-state index contributed by atoms with van der Waals surface area (Å²) in [5, 5.41) is 14.3. The molecule has 134 valence electrons. The Labute approximate surface area is 149 Å². The van der Waals surface area contributed by atoms with E-state index in [2.05, 4.69) is 27.1 Å². The van der Waals surface area contributed by atoms with Crippen molar-refractivity contribution in [2.45, 2.75) is 50.3 Å². The Balaban J connectivity index is 1.34. The average molecular weight is 351 g/mol. The summed E-state index contributed by atoms with van der Waals surface area (Å²) in [7, 11) is 2.18. The molecule has 0 spiro atoms. The highest BCUT2D eigenvalue weighted by molar-refractivity contribution is 7.09. The van der Waals surface area contributed by atoms with E-state index in [0.29, 0.717) is 0 Å². The van der Waals surface area contributed by atoms with Crippen LogP contribution < -0.4 is 0 Å². The van der Waals surface area contributed by atoms with Crippen LogP contribution in [0.1, 0.15) is 42.8 Å². The number of rotatable bonds is 4. The van der Waals surface area contributed by atoms with E-state index in [9.17, 15) is 5.11 Å². The summed E-state index contributed by atoms with van der Waals surface area (Å²) in [6.45, 7) is 7.48. The van der Waals surface area contributed by atoms with Crippen LogP contribution in [-0.2, 0) is 12.1 Å². The summed E-state index contributed by atoms with van der Waals surface area (Å²) in [5.41, 5.74) is 0.224. The van der Waals surface area contributed by atoms with Crippen molar-refractivity contribution in [3.63, 3.8) is 0 Å². The van der Waals surface area contributed by atoms with E-state index >= 15 is 0 Å². The highest BCUT2D eigenvalue weighted by Crippen LogP contribution is 2.36. The molecule has 3 fully saturated rings. The van der Waals surface area contributed by atoms with Crippen LogP contribution in [0.15, 0.2) is 5.38 Å². The predicted molar refractivity (Wildman–Crippen MR) is 97.2 cm³/mol. The molecule has 1 aromatic heterocycles. The molecule has 1 aliphatic carbocycles. The molecule has 5 nitrogen and oxygen atoms in total. The second-order valence-corrected chi connectivity index (χ2v) is 8.80. The van der Waals surface area contributed by atoms with Crippen LogP contribution in [0.4, 0.5) is 0 Å². The number of piperazine rings is 1. The lowest BCUT2D eigenvalue weighted by molar-refractivity contribution is -0.0468. The van der Waals surface area contributed by atoms with Gasteiger partial charge in [0.05, 0.1) is 12.2 Å². The van der Waals surface area contributed by atoms with Gasteiger partial charge in [-0.3, -0.25) is 4.90 Å². The van der Waals surface area contributed by atoms with Crippen LogP contribution in [0.5, 0.6) is 0 Å².